The summed E-state index contributed by atoms with van der Waals surface area (Å²) in [4.78, 5) is 12.0. The van der Waals surface area contributed by atoms with Crippen molar-refractivity contribution in [3.8, 4) is 11.5 Å². The van der Waals surface area contributed by atoms with Crippen LogP contribution in [0.5, 0.6) is 11.5 Å². The Bertz CT molecular complexity index is 684. The van der Waals surface area contributed by atoms with Crippen LogP contribution in [0.15, 0.2) is 48.5 Å². The van der Waals surface area contributed by atoms with Gasteiger partial charge >= 0.3 is 0 Å². The molecule has 1 aliphatic heterocycles. The van der Waals surface area contributed by atoms with E-state index in [1.54, 1.807) is 0 Å². The predicted octanol–water partition coefficient (Wildman–Crippen LogP) is 2.88. The standard InChI is InChI=1S/C19H21NO3/c1-14-5-4-6-15(11-14)9-10-19(21)20-12-16-13-22-17-7-2-3-8-18(17)23-16/h2-8,11,16H,9-10,12-13H2,1H3,(H,20,21). The molecule has 0 spiro atoms. The van der Waals surface area contributed by atoms with Crippen LogP contribution in [-0.4, -0.2) is 25.2 Å². The first-order valence-electron chi connectivity index (χ1n) is 7.91. The molecule has 4 heteroatoms. The van der Waals surface area contributed by atoms with Gasteiger partial charge in [-0.25, -0.2) is 0 Å². The van der Waals surface area contributed by atoms with Gasteiger partial charge in [-0.1, -0.05) is 42.0 Å². The maximum absolute atomic E-state index is 12.0. The summed E-state index contributed by atoms with van der Waals surface area (Å²) in [6.45, 7) is 2.97. The maximum Gasteiger partial charge on any atom is 0.220 e. The third-order valence-corrected chi connectivity index (χ3v) is 3.82. The van der Waals surface area contributed by atoms with Crippen molar-refractivity contribution in [1.29, 1.82) is 0 Å². The highest BCUT2D eigenvalue weighted by Gasteiger charge is 2.20. The minimum absolute atomic E-state index is 0.0361. The van der Waals surface area contributed by atoms with E-state index in [1.165, 1.54) is 11.1 Å². The van der Waals surface area contributed by atoms with E-state index in [4.69, 9.17) is 9.47 Å². The second-order valence-electron chi connectivity index (χ2n) is 5.79. The molecule has 1 amide bonds. The number of amides is 1. The van der Waals surface area contributed by atoms with Crippen LogP contribution >= 0.6 is 0 Å². The van der Waals surface area contributed by atoms with E-state index in [0.29, 0.717) is 19.6 Å². The van der Waals surface area contributed by atoms with Crippen LogP contribution < -0.4 is 14.8 Å². The van der Waals surface area contributed by atoms with E-state index in [9.17, 15) is 4.79 Å². The molecule has 1 unspecified atom stereocenters. The third kappa shape index (κ3) is 4.25. The Kier molecular flexibility index (Phi) is 4.81. The summed E-state index contributed by atoms with van der Waals surface area (Å²) in [6, 6.07) is 15.8. The summed E-state index contributed by atoms with van der Waals surface area (Å²) in [6.07, 6.45) is 1.08. The Balaban J connectivity index is 1.43. The summed E-state index contributed by atoms with van der Waals surface area (Å²) in [5.74, 6) is 1.53. The molecule has 23 heavy (non-hydrogen) atoms. The van der Waals surface area contributed by atoms with Crippen molar-refractivity contribution in [2.45, 2.75) is 25.9 Å². The molecule has 2 aromatic rings. The van der Waals surface area contributed by atoms with Crippen LogP contribution in [0, 0.1) is 6.92 Å². The lowest BCUT2D eigenvalue weighted by Crippen LogP contribution is -2.40. The highest BCUT2D eigenvalue weighted by molar-refractivity contribution is 5.76. The number of carbonyl (C=O) groups excluding carboxylic acids is 1. The molecule has 1 aliphatic rings. The largest absolute Gasteiger partial charge is 0.486 e. The number of benzene rings is 2. The van der Waals surface area contributed by atoms with Crippen molar-refractivity contribution in [2.24, 2.45) is 0 Å². The van der Waals surface area contributed by atoms with Crippen LogP contribution in [-0.2, 0) is 11.2 Å². The fraction of sp³-hybridized carbons (Fsp3) is 0.316. The molecule has 0 aliphatic carbocycles. The lowest BCUT2D eigenvalue weighted by molar-refractivity contribution is -0.121. The van der Waals surface area contributed by atoms with Crippen LogP contribution in [0.25, 0.3) is 0 Å². The topological polar surface area (TPSA) is 47.6 Å². The molecule has 0 radical (unpaired) electrons. The number of hydrogen-bond acceptors (Lipinski definition) is 3. The van der Waals surface area contributed by atoms with Gasteiger partial charge in [0.15, 0.2) is 11.5 Å². The Morgan fingerprint density at radius 2 is 2.00 bits per heavy atom. The smallest absolute Gasteiger partial charge is 0.220 e. The molecule has 3 rings (SSSR count). The Morgan fingerprint density at radius 1 is 1.17 bits per heavy atom. The van der Waals surface area contributed by atoms with Crippen molar-refractivity contribution in [3.05, 3.63) is 59.7 Å². The molecule has 120 valence electrons. The van der Waals surface area contributed by atoms with Crippen molar-refractivity contribution >= 4 is 5.91 Å². The lowest BCUT2D eigenvalue weighted by atomic mass is 10.1. The number of fused-ring (bicyclic) bond motifs is 1. The fourth-order valence-electron chi connectivity index (χ4n) is 2.61. The minimum Gasteiger partial charge on any atom is -0.486 e. The minimum atomic E-state index is -0.146. The van der Waals surface area contributed by atoms with Crippen LogP contribution in [0.2, 0.25) is 0 Å². The first-order valence-corrected chi connectivity index (χ1v) is 7.91. The summed E-state index contributed by atoms with van der Waals surface area (Å²) >= 11 is 0. The predicted molar refractivity (Wildman–Crippen MR) is 88.9 cm³/mol. The number of rotatable bonds is 5. The molecule has 1 heterocycles. The van der Waals surface area contributed by atoms with Crippen LogP contribution in [0.1, 0.15) is 17.5 Å². The van der Waals surface area contributed by atoms with Crippen molar-refractivity contribution in [3.63, 3.8) is 0 Å². The van der Waals surface area contributed by atoms with Crippen LogP contribution in [0.3, 0.4) is 0 Å². The molecule has 4 nitrogen and oxygen atoms in total. The summed E-state index contributed by atoms with van der Waals surface area (Å²) in [5.41, 5.74) is 2.40. The number of para-hydroxylation sites is 2. The van der Waals surface area contributed by atoms with E-state index in [0.717, 1.165) is 17.9 Å². The van der Waals surface area contributed by atoms with E-state index in [1.807, 2.05) is 30.3 Å². The second kappa shape index (κ2) is 7.18. The Hall–Kier alpha value is -2.49. The molecule has 0 fully saturated rings. The Labute approximate surface area is 136 Å². The first kappa shape index (κ1) is 15.4. The maximum atomic E-state index is 12.0. The summed E-state index contributed by atoms with van der Waals surface area (Å²) < 4.78 is 11.5. The molecule has 2 aromatic carbocycles. The zero-order valence-electron chi connectivity index (χ0n) is 13.2. The highest BCUT2D eigenvalue weighted by Crippen LogP contribution is 2.30. The quantitative estimate of drug-likeness (QED) is 0.923. The van der Waals surface area contributed by atoms with Gasteiger partial charge in [0.25, 0.3) is 0 Å². The van der Waals surface area contributed by atoms with Gasteiger partial charge in [0.2, 0.25) is 5.91 Å². The molecular weight excluding hydrogens is 290 g/mol. The van der Waals surface area contributed by atoms with E-state index < -0.39 is 0 Å². The average molecular weight is 311 g/mol. The number of hydrogen-bond donors (Lipinski definition) is 1. The van der Waals surface area contributed by atoms with Gasteiger partial charge in [0.1, 0.15) is 12.7 Å². The number of nitrogens with one attached hydrogen (secondary N) is 1. The second-order valence-corrected chi connectivity index (χ2v) is 5.79. The lowest BCUT2D eigenvalue weighted by Gasteiger charge is -2.26. The van der Waals surface area contributed by atoms with E-state index in [-0.39, 0.29) is 12.0 Å². The Morgan fingerprint density at radius 3 is 2.83 bits per heavy atom. The van der Waals surface area contributed by atoms with Gasteiger partial charge in [-0.05, 0) is 31.0 Å². The van der Waals surface area contributed by atoms with Gasteiger partial charge in [0, 0.05) is 6.42 Å². The van der Waals surface area contributed by atoms with Gasteiger partial charge in [-0.3, -0.25) is 4.79 Å². The zero-order valence-corrected chi connectivity index (χ0v) is 13.2. The number of ether oxygens (including phenoxy) is 2. The zero-order chi connectivity index (χ0) is 16.1. The normalized spacial score (nSPS) is 16.0. The molecule has 0 aromatic heterocycles. The van der Waals surface area contributed by atoms with E-state index in [2.05, 4.69) is 30.4 Å². The van der Waals surface area contributed by atoms with Gasteiger partial charge < -0.3 is 14.8 Å². The monoisotopic (exact) mass is 311 g/mol. The first-order chi connectivity index (χ1) is 11.2. The van der Waals surface area contributed by atoms with Crippen LogP contribution in [0.4, 0.5) is 0 Å². The molecule has 0 bridgehead atoms. The third-order valence-electron chi connectivity index (χ3n) is 3.82. The van der Waals surface area contributed by atoms with Gasteiger partial charge in [-0.2, -0.15) is 0 Å². The molecular formula is C19H21NO3. The van der Waals surface area contributed by atoms with Gasteiger partial charge in [-0.15, -0.1) is 0 Å². The van der Waals surface area contributed by atoms with Crippen molar-refractivity contribution < 1.29 is 14.3 Å². The SMILES string of the molecule is Cc1cccc(CCC(=O)NCC2COc3ccccc3O2)c1. The molecule has 1 N–H and O–H groups in total. The van der Waals surface area contributed by atoms with Crippen molar-refractivity contribution in [2.75, 3.05) is 13.2 Å². The van der Waals surface area contributed by atoms with E-state index >= 15 is 0 Å². The average Bonchev–Trinajstić information content (AvgIpc) is 2.58. The molecule has 1 atom stereocenters. The molecule has 0 saturated carbocycles. The number of carbonyl (C=O) groups is 1. The summed E-state index contributed by atoms with van der Waals surface area (Å²) in [5, 5.41) is 2.92. The molecule has 0 saturated heterocycles. The van der Waals surface area contributed by atoms with Crippen molar-refractivity contribution in [1.82, 2.24) is 5.32 Å². The van der Waals surface area contributed by atoms with Gasteiger partial charge in [0.05, 0.1) is 6.54 Å². The fourth-order valence-corrected chi connectivity index (χ4v) is 2.61. The summed E-state index contributed by atoms with van der Waals surface area (Å²) in [7, 11) is 0. The number of aryl methyl sites for hydroxylation is 2. The highest BCUT2D eigenvalue weighted by atomic mass is 16.6.